The number of alkyl halides is 1. The third-order valence-corrected chi connectivity index (χ3v) is 5.03. The van der Waals surface area contributed by atoms with Crippen LogP contribution in [-0.2, 0) is 0 Å². The van der Waals surface area contributed by atoms with Crippen LogP contribution in [0.2, 0.25) is 0 Å². The Morgan fingerprint density at radius 1 is 1.19 bits per heavy atom. The van der Waals surface area contributed by atoms with Gasteiger partial charge < -0.3 is 15.1 Å². The Kier molecular flexibility index (Phi) is 4.39. The minimum Gasteiger partial charge on any atom is -0.508 e. The number of fused-ring (bicyclic) bond motifs is 1. The van der Waals surface area contributed by atoms with Crippen molar-refractivity contribution < 1.29 is 19.4 Å². The molecule has 0 atom stereocenters. The number of carbonyl (C=O) groups is 1. The summed E-state index contributed by atoms with van der Waals surface area (Å²) in [5, 5.41) is 19.9. The van der Waals surface area contributed by atoms with Crippen molar-refractivity contribution in [2.45, 2.75) is 12.8 Å². The van der Waals surface area contributed by atoms with Gasteiger partial charge in [-0.05, 0) is 43.0 Å². The van der Waals surface area contributed by atoms with Crippen LogP contribution >= 0.6 is 0 Å². The summed E-state index contributed by atoms with van der Waals surface area (Å²) in [5.41, 5.74) is 1.48. The van der Waals surface area contributed by atoms with Crippen LogP contribution in [0.5, 0.6) is 5.75 Å². The average molecular weight is 370 g/mol. The number of piperidine rings is 1. The summed E-state index contributed by atoms with van der Waals surface area (Å²) < 4.78 is 13.9. The van der Waals surface area contributed by atoms with Gasteiger partial charge in [-0.2, -0.15) is 0 Å². The lowest BCUT2D eigenvalue weighted by Gasteiger charge is -2.30. The Morgan fingerprint density at radius 3 is 2.52 bits per heavy atom. The quantitative estimate of drug-likeness (QED) is 0.733. The number of hydrogen-bond donors (Lipinski definition) is 2. The normalized spacial score (nSPS) is 15.4. The Morgan fingerprint density at radius 2 is 1.89 bits per heavy atom. The molecule has 7 nitrogen and oxygen atoms in total. The maximum Gasteiger partial charge on any atom is 0.416 e. The standard InChI is InChI=1S/C19H19FN4O3/c20-9-12-3-5-23(6-4-12)18-21-10-14(11-22-18)17-8-13-7-15(25)1-2-16(13)24(17)19(26)27/h1-2,7-8,10-12,25H,3-6,9H2,(H,26,27). The van der Waals surface area contributed by atoms with Crippen molar-refractivity contribution in [3.8, 4) is 17.0 Å². The lowest BCUT2D eigenvalue weighted by Crippen LogP contribution is -2.35. The molecule has 0 aliphatic carbocycles. The molecule has 3 aromatic rings. The van der Waals surface area contributed by atoms with Crippen molar-refractivity contribution in [2.75, 3.05) is 24.7 Å². The molecule has 2 N–H and O–H groups in total. The van der Waals surface area contributed by atoms with E-state index in [0.717, 1.165) is 17.4 Å². The lowest BCUT2D eigenvalue weighted by molar-refractivity contribution is 0.198. The first-order chi connectivity index (χ1) is 13.1. The zero-order valence-corrected chi connectivity index (χ0v) is 14.5. The van der Waals surface area contributed by atoms with Gasteiger partial charge >= 0.3 is 6.09 Å². The number of aromatic hydroxyl groups is 1. The van der Waals surface area contributed by atoms with Gasteiger partial charge in [0, 0.05) is 36.4 Å². The molecule has 1 aliphatic rings. The number of aromatic nitrogens is 3. The molecular weight excluding hydrogens is 351 g/mol. The number of hydrogen-bond acceptors (Lipinski definition) is 5. The van der Waals surface area contributed by atoms with Gasteiger partial charge in [0.2, 0.25) is 5.95 Å². The number of rotatable bonds is 3. The second kappa shape index (κ2) is 6.86. The molecule has 0 radical (unpaired) electrons. The van der Waals surface area contributed by atoms with Crippen molar-refractivity contribution in [3.05, 3.63) is 36.7 Å². The number of anilines is 1. The highest BCUT2D eigenvalue weighted by atomic mass is 19.1. The Balaban J connectivity index is 1.66. The third-order valence-electron chi connectivity index (χ3n) is 5.03. The van der Waals surface area contributed by atoms with E-state index in [9.17, 15) is 19.4 Å². The van der Waals surface area contributed by atoms with Crippen LogP contribution < -0.4 is 4.90 Å². The fourth-order valence-electron chi connectivity index (χ4n) is 3.53. The fraction of sp³-hybridized carbons (Fsp3) is 0.316. The summed E-state index contributed by atoms with van der Waals surface area (Å²) in [6, 6.07) is 6.22. The van der Waals surface area contributed by atoms with E-state index in [-0.39, 0.29) is 18.3 Å². The smallest absolute Gasteiger partial charge is 0.416 e. The van der Waals surface area contributed by atoms with Gasteiger partial charge in [0.05, 0.1) is 17.9 Å². The topological polar surface area (TPSA) is 91.5 Å². The first kappa shape index (κ1) is 17.3. The van der Waals surface area contributed by atoms with E-state index in [1.165, 1.54) is 12.1 Å². The third kappa shape index (κ3) is 3.18. The molecule has 0 spiro atoms. The van der Waals surface area contributed by atoms with Crippen LogP contribution in [0, 0.1) is 5.92 Å². The van der Waals surface area contributed by atoms with Crippen LogP contribution in [-0.4, -0.2) is 50.6 Å². The summed E-state index contributed by atoms with van der Waals surface area (Å²) >= 11 is 0. The van der Waals surface area contributed by atoms with Gasteiger partial charge in [-0.15, -0.1) is 0 Å². The van der Waals surface area contributed by atoms with Crippen LogP contribution in [0.25, 0.3) is 22.2 Å². The Bertz CT molecular complexity index is 979. The van der Waals surface area contributed by atoms with E-state index in [0.29, 0.717) is 41.2 Å². The largest absolute Gasteiger partial charge is 0.508 e. The molecule has 0 unspecified atom stereocenters. The number of benzene rings is 1. The lowest BCUT2D eigenvalue weighted by atomic mass is 9.99. The fourth-order valence-corrected chi connectivity index (χ4v) is 3.53. The zero-order valence-electron chi connectivity index (χ0n) is 14.5. The highest BCUT2D eigenvalue weighted by molar-refractivity contribution is 5.96. The SMILES string of the molecule is O=C(O)n1c(-c2cnc(N3CCC(CF)CC3)nc2)cc2cc(O)ccc21. The monoisotopic (exact) mass is 370 g/mol. The number of phenols is 1. The number of carboxylic acid groups (broad SMARTS) is 1. The number of phenolic OH excluding ortho intramolecular Hbond substituents is 1. The summed E-state index contributed by atoms with van der Waals surface area (Å²) in [7, 11) is 0. The van der Waals surface area contributed by atoms with Crippen molar-refractivity contribution in [1.29, 1.82) is 0 Å². The predicted molar refractivity (Wildman–Crippen MR) is 99.0 cm³/mol. The van der Waals surface area contributed by atoms with E-state index in [1.54, 1.807) is 24.5 Å². The number of halogens is 1. The van der Waals surface area contributed by atoms with Gasteiger partial charge in [0.25, 0.3) is 0 Å². The van der Waals surface area contributed by atoms with Crippen molar-refractivity contribution in [1.82, 2.24) is 14.5 Å². The van der Waals surface area contributed by atoms with Gasteiger partial charge in [-0.1, -0.05) is 0 Å². The van der Waals surface area contributed by atoms with Crippen LogP contribution in [0.4, 0.5) is 15.1 Å². The molecule has 2 aromatic heterocycles. The second-order valence-electron chi connectivity index (χ2n) is 6.75. The highest BCUT2D eigenvalue weighted by Gasteiger charge is 2.21. The van der Waals surface area contributed by atoms with Crippen molar-refractivity contribution >= 4 is 22.9 Å². The molecule has 8 heteroatoms. The minimum atomic E-state index is -1.12. The molecule has 27 heavy (non-hydrogen) atoms. The van der Waals surface area contributed by atoms with E-state index < -0.39 is 6.09 Å². The summed E-state index contributed by atoms with van der Waals surface area (Å²) in [6.45, 7) is 1.13. The van der Waals surface area contributed by atoms with Crippen molar-refractivity contribution in [2.24, 2.45) is 5.92 Å². The van der Waals surface area contributed by atoms with Gasteiger partial charge in [-0.25, -0.2) is 19.3 Å². The molecule has 0 amide bonds. The van der Waals surface area contributed by atoms with Crippen molar-refractivity contribution in [3.63, 3.8) is 0 Å². The molecule has 1 aromatic carbocycles. The molecule has 1 aliphatic heterocycles. The highest BCUT2D eigenvalue weighted by Crippen LogP contribution is 2.30. The maximum atomic E-state index is 12.7. The molecule has 140 valence electrons. The van der Waals surface area contributed by atoms with E-state index in [2.05, 4.69) is 9.97 Å². The second-order valence-corrected chi connectivity index (χ2v) is 6.75. The van der Waals surface area contributed by atoms with Crippen LogP contribution in [0.1, 0.15) is 12.8 Å². The first-order valence-corrected chi connectivity index (χ1v) is 8.78. The molecule has 4 rings (SSSR count). The summed E-state index contributed by atoms with van der Waals surface area (Å²) in [4.78, 5) is 22.5. The Labute approximate surface area is 154 Å². The maximum absolute atomic E-state index is 12.7. The molecule has 1 fully saturated rings. The van der Waals surface area contributed by atoms with Crippen LogP contribution in [0.15, 0.2) is 36.7 Å². The van der Waals surface area contributed by atoms with Gasteiger partial charge in [0.1, 0.15) is 5.75 Å². The minimum absolute atomic E-state index is 0.0693. The summed E-state index contributed by atoms with van der Waals surface area (Å²) in [5.74, 6) is 0.745. The predicted octanol–water partition coefficient (Wildman–Crippen LogP) is 3.52. The van der Waals surface area contributed by atoms with E-state index >= 15 is 0 Å². The van der Waals surface area contributed by atoms with E-state index in [4.69, 9.17) is 0 Å². The summed E-state index contributed by atoms with van der Waals surface area (Å²) in [6.07, 6.45) is 3.62. The van der Waals surface area contributed by atoms with E-state index in [1.807, 2.05) is 4.90 Å². The molecular formula is C19H19FN4O3. The number of nitrogens with zero attached hydrogens (tertiary/aromatic N) is 4. The molecule has 3 heterocycles. The Hall–Kier alpha value is -3.16. The van der Waals surface area contributed by atoms with Crippen LogP contribution in [0.3, 0.4) is 0 Å². The van der Waals surface area contributed by atoms with Gasteiger partial charge in [-0.3, -0.25) is 4.39 Å². The average Bonchev–Trinajstić information content (AvgIpc) is 3.07. The molecule has 0 bridgehead atoms. The van der Waals surface area contributed by atoms with Gasteiger partial charge in [0.15, 0.2) is 0 Å². The first-order valence-electron chi connectivity index (χ1n) is 8.78. The molecule has 1 saturated heterocycles. The molecule has 0 saturated carbocycles. The zero-order chi connectivity index (χ0) is 19.0.